The first-order chi connectivity index (χ1) is 7.69. The van der Waals surface area contributed by atoms with Crippen LogP contribution < -0.4 is 5.90 Å². The monoisotopic (exact) mass is 225 g/mol. The second-order valence-electron chi connectivity index (χ2n) is 2.84. The number of rotatable bonds is 4. The van der Waals surface area contributed by atoms with Gasteiger partial charge in [0.25, 0.3) is 0 Å². The summed E-state index contributed by atoms with van der Waals surface area (Å²) in [7, 11) is 0. The molecule has 0 saturated heterocycles. The Morgan fingerprint density at radius 1 is 1.12 bits per heavy atom. The predicted octanol–water partition coefficient (Wildman–Crippen LogP) is -0.134. The summed E-state index contributed by atoms with van der Waals surface area (Å²) in [6.45, 7) is -0.297. The van der Waals surface area contributed by atoms with Crippen LogP contribution in [0.2, 0.25) is 0 Å². The molecule has 6 nitrogen and oxygen atoms in total. The molecule has 0 aliphatic heterocycles. The van der Waals surface area contributed by atoms with Crippen LogP contribution in [0.25, 0.3) is 0 Å². The quantitative estimate of drug-likeness (QED) is 0.547. The van der Waals surface area contributed by atoms with Crippen molar-refractivity contribution in [1.82, 2.24) is 0 Å². The van der Waals surface area contributed by atoms with E-state index in [1.165, 1.54) is 24.3 Å². The van der Waals surface area contributed by atoms with Crippen molar-refractivity contribution in [2.24, 2.45) is 5.90 Å². The maximum atomic E-state index is 11.3. The molecule has 0 radical (unpaired) electrons. The molecule has 0 amide bonds. The van der Waals surface area contributed by atoms with Crippen LogP contribution in [0.3, 0.4) is 0 Å². The second-order valence-corrected chi connectivity index (χ2v) is 2.84. The van der Waals surface area contributed by atoms with Gasteiger partial charge in [0.15, 0.2) is 0 Å². The highest BCUT2D eigenvalue weighted by Gasteiger charge is 2.09. The second kappa shape index (κ2) is 5.84. The fraction of sp³-hybridized carbons (Fsp3) is 0.200. The molecule has 0 unspecified atom stereocenters. The van der Waals surface area contributed by atoms with E-state index < -0.39 is 11.9 Å². The Hall–Kier alpha value is -1.92. The molecule has 86 valence electrons. The van der Waals surface area contributed by atoms with E-state index in [0.717, 1.165) is 0 Å². The van der Waals surface area contributed by atoms with E-state index in [-0.39, 0.29) is 24.3 Å². The van der Waals surface area contributed by atoms with Gasteiger partial charge in [0.2, 0.25) is 0 Å². The molecule has 6 heteroatoms. The summed E-state index contributed by atoms with van der Waals surface area (Å²) in [5, 5.41) is 8.46. The lowest BCUT2D eigenvalue weighted by molar-refractivity contribution is 0.0431. The van der Waals surface area contributed by atoms with Crippen molar-refractivity contribution in [3.8, 4) is 0 Å². The van der Waals surface area contributed by atoms with E-state index in [4.69, 9.17) is 11.0 Å². The number of aliphatic hydroxyl groups excluding tert-OH is 1. The summed E-state index contributed by atoms with van der Waals surface area (Å²) in [6.07, 6.45) is 0. The van der Waals surface area contributed by atoms with Gasteiger partial charge in [-0.1, -0.05) is 0 Å². The zero-order valence-corrected chi connectivity index (χ0v) is 8.38. The Labute approximate surface area is 91.5 Å². The highest BCUT2D eigenvalue weighted by atomic mass is 16.7. The first-order valence-electron chi connectivity index (χ1n) is 4.48. The number of carbonyl (C=O) groups excluding carboxylic acids is 2. The molecule has 0 spiro atoms. The van der Waals surface area contributed by atoms with Crippen LogP contribution in [0, 0.1) is 0 Å². The van der Waals surface area contributed by atoms with Crippen LogP contribution in [0.5, 0.6) is 0 Å². The molecule has 3 N–H and O–H groups in total. The fourth-order valence-electron chi connectivity index (χ4n) is 1.03. The summed E-state index contributed by atoms with van der Waals surface area (Å²) in [4.78, 5) is 26.3. The van der Waals surface area contributed by atoms with E-state index in [0.29, 0.717) is 0 Å². The van der Waals surface area contributed by atoms with Crippen molar-refractivity contribution in [1.29, 1.82) is 0 Å². The van der Waals surface area contributed by atoms with Crippen molar-refractivity contribution in [3.05, 3.63) is 35.4 Å². The largest absolute Gasteiger partial charge is 0.460 e. The lowest BCUT2D eigenvalue weighted by atomic mass is 10.1. The molecular formula is C10H11NO5. The summed E-state index contributed by atoms with van der Waals surface area (Å²) in [5.74, 6) is 3.45. The normalized spacial score (nSPS) is 9.62. The summed E-state index contributed by atoms with van der Waals surface area (Å²) >= 11 is 0. The molecule has 1 aromatic rings. The Morgan fingerprint density at radius 3 is 2.06 bits per heavy atom. The first-order valence-corrected chi connectivity index (χ1v) is 4.48. The fourth-order valence-corrected chi connectivity index (χ4v) is 1.03. The zero-order valence-electron chi connectivity index (χ0n) is 8.38. The van der Waals surface area contributed by atoms with Crippen LogP contribution in [0.1, 0.15) is 20.7 Å². The van der Waals surface area contributed by atoms with Gasteiger partial charge in [-0.15, -0.1) is 0 Å². The summed E-state index contributed by atoms with van der Waals surface area (Å²) in [6, 6.07) is 5.60. The van der Waals surface area contributed by atoms with Gasteiger partial charge in [0, 0.05) is 0 Å². The van der Waals surface area contributed by atoms with Gasteiger partial charge in [-0.3, -0.25) is 0 Å². The minimum atomic E-state index is -0.685. The third kappa shape index (κ3) is 3.04. The zero-order chi connectivity index (χ0) is 12.0. The number of ether oxygens (including phenoxy) is 1. The van der Waals surface area contributed by atoms with Gasteiger partial charge in [0.1, 0.15) is 6.61 Å². The Bertz CT molecular complexity index is 373. The number of benzene rings is 1. The van der Waals surface area contributed by atoms with Gasteiger partial charge < -0.3 is 14.7 Å². The van der Waals surface area contributed by atoms with E-state index in [2.05, 4.69) is 9.57 Å². The van der Waals surface area contributed by atoms with Crippen LogP contribution >= 0.6 is 0 Å². The van der Waals surface area contributed by atoms with Gasteiger partial charge in [-0.05, 0) is 24.3 Å². The molecule has 0 heterocycles. The highest BCUT2D eigenvalue weighted by Crippen LogP contribution is 2.06. The standard InChI is InChI=1S/C10H11NO5/c11-16-10(14)8-3-1-7(2-4-8)9(13)15-6-5-12/h1-4,12H,5-6,11H2. The van der Waals surface area contributed by atoms with Crippen molar-refractivity contribution < 1.29 is 24.3 Å². The van der Waals surface area contributed by atoms with E-state index >= 15 is 0 Å². The molecular weight excluding hydrogens is 214 g/mol. The maximum absolute atomic E-state index is 11.3. The van der Waals surface area contributed by atoms with Gasteiger partial charge in [-0.2, -0.15) is 5.90 Å². The molecule has 1 aromatic carbocycles. The van der Waals surface area contributed by atoms with Crippen LogP contribution in [0.15, 0.2) is 24.3 Å². The summed E-state index contributed by atoms with van der Waals surface area (Å²) in [5.41, 5.74) is 0.517. The molecule has 0 fully saturated rings. The lowest BCUT2D eigenvalue weighted by Gasteiger charge is -2.03. The Morgan fingerprint density at radius 2 is 1.62 bits per heavy atom. The molecule has 1 rings (SSSR count). The van der Waals surface area contributed by atoms with E-state index in [1.807, 2.05) is 0 Å². The third-order valence-corrected chi connectivity index (χ3v) is 1.79. The van der Waals surface area contributed by atoms with Crippen LogP contribution in [-0.4, -0.2) is 30.3 Å². The topological polar surface area (TPSA) is 98.9 Å². The van der Waals surface area contributed by atoms with Crippen molar-refractivity contribution in [2.75, 3.05) is 13.2 Å². The number of hydrogen-bond donors (Lipinski definition) is 2. The smallest absolute Gasteiger partial charge is 0.356 e. The Kier molecular flexibility index (Phi) is 4.43. The molecule has 0 aliphatic carbocycles. The minimum Gasteiger partial charge on any atom is -0.460 e. The number of esters is 1. The average molecular weight is 225 g/mol. The SMILES string of the molecule is NOC(=O)c1ccc(C(=O)OCCO)cc1. The summed E-state index contributed by atoms with van der Waals surface area (Å²) < 4.78 is 4.67. The average Bonchev–Trinajstić information content (AvgIpc) is 2.35. The molecule has 0 aliphatic rings. The van der Waals surface area contributed by atoms with Crippen molar-refractivity contribution >= 4 is 11.9 Å². The number of carbonyl (C=O) groups is 2. The molecule has 0 saturated carbocycles. The van der Waals surface area contributed by atoms with Crippen molar-refractivity contribution in [3.63, 3.8) is 0 Å². The van der Waals surface area contributed by atoms with Crippen LogP contribution in [-0.2, 0) is 9.57 Å². The number of hydrogen-bond acceptors (Lipinski definition) is 6. The molecule has 0 bridgehead atoms. The lowest BCUT2D eigenvalue weighted by Crippen LogP contribution is -2.11. The maximum Gasteiger partial charge on any atom is 0.356 e. The number of nitrogens with two attached hydrogens (primary N) is 1. The third-order valence-electron chi connectivity index (χ3n) is 1.79. The van der Waals surface area contributed by atoms with Gasteiger partial charge >= 0.3 is 11.9 Å². The van der Waals surface area contributed by atoms with E-state index in [1.54, 1.807) is 0 Å². The van der Waals surface area contributed by atoms with Gasteiger partial charge in [0.05, 0.1) is 17.7 Å². The first kappa shape index (κ1) is 12.2. The van der Waals surface area contributed by atoms with Gasteiger partial charge in [-0.25, -0.2) is 9.59 Å². The predicted molar refractivity (Wildman–Crippen MR) is 53.4 cm³/mol. The Balaban J connectivity index is 2.71. The van der Waals surface area contributed by atoms with Crippen LogP contribution in [0.4, 0.5) is 0 Å². The van der Waals surface area contributed by atoms with Crippen molar-refractivity contribution in [2.45, 2.75) is 0 Å². The van der Waals surface area contributed by atoms with E-state index in [9.17, 15) is 9.59 Å². The number of aliphatic hydroxyl groups is 1. The highest BCUT2D eigenvalue weighted by molar-refractivity contribution is 5.93. The minimum absolute atomic E-state index is 0.0641. The molecule has 16 heavy (non-hydrogen) atoms. The molecule has 0 aromatic heterocycles. The molecule has 0 atom stereocenters.